The summed E-state index contributed by atoms with van der Waals surface area (Å²) in [7, 11) is -1.61. The van der Waals surface area contributed by atoms with Gasteiger partial charge in [0.15, 0.2) is 5.96 Å². The summed E-state index contributed by atoms with van der Waals surface area (Å²) in [5, 5.41) is 6.90. The molecule has 0 heterocycles. The smallest absolute Gasteiger partial charge is 0.229 e. The summed E-state index contributed by atoms with van der Waals surface area (Å²) < 4.78 is 25.5. The van der Waals surface area contributed by atoms with E-state index >= 15 is 0 Å². The highest BCUT2D eigenvalue weighted by Crippen LogP contribution is 2.22. The zero-order chi connectivity index (χ0) is 19.7. The first-order chi connectivity index (χ1) is 12.9. The first kappa shape index (κ1) is 24.6. The van der Waals surface area contributed by atoms with Crippen LogP contribution < -0.4 is 15.4 Å². The van der Waals surface area contributed by atoms with Gasteiger partial charge in [0.25, 0.3) is 0 Å². The number of benzene rings is 2. The zero-order valence-electron chi connectivity index (χ0n) is 16.2. The van der Waals surface area contributed by atoms with Crippen LogP contribution in [0.25, 0.3) is 0 Å². The minimum atomic E-state index is -3.32. The van der Waals surface area contributed by atoms with Gasteiger partial charge >= 0.3 is 0 Å². The summed E-state index contributed by atoms with van der Waals surface area (Å²) in [6.45, 7) is 3.37. The molecule has 0 aromatic heterocycles. The average molecular weight is 534 g/mol. The molecule has 28 heavy (non-hydrogen) atoms. The van der Waals surface area contributed by atoms with Gasteiger partial charge in [-0.05, 0) is 23.8 Å². The monoisotopic (exact) mass is 534 g/mol. The molecule has 1 unspecified atom stereocenters. The first-order valence-corrected chi connectivity index (χ1v) is 11.4. The topological polar surface area (TPSA) is 82.6 Å². The van der Waals surface area contributed by atoms with Gasteiger partial charge in [0, 0.05) is 30.3 Å². The highest BCUT2D eigenvalue weighted by molar-refractivity contribution is 14.0. The number of nitrogens with one attached hydrogen (secondary N) is 3. The summed E-state index contributed by atoms with van der Waals surface area (Å²) in [5.41, 5.74) is 1.41. The van der Waals surface area contributed by atoms with Crippen molar-refractivity contribution in [2.75, 3.05) is 24.6 Å². The molecular formula is C19H27IN4O2S2. The number of halogens is 1. The fourth-order valence-electron chi connectivity index (χ4n) is 2.39. The number of hydrogen-bond acceptors (Lipinski definition) is 4. The third kappa shape index (κ3) is 9.16. The van der Waals surface area contributed by atoms with Crippen molar-refractivity contribution in [1.29, 1.82) is 0 Å². The van der Waals surface area contributed by atoms with E-state index in [-0.39, 0.29) is 24.0 Å². The van der Waals surface area contributed by atoms with Crippen molar-refractivity contribution in [1.82, 2.24) is 10.6 Å². The zero-order valence-corrected chi connectivity index (χ0v) is 20.1. The molecule has 1 atom stereocenters. The second kappa shape index (κ2) is 12.2. The van der Waals surface area contributed by atoms with Gasteiger partial charge in [-0.15, -0.1) is 35.7 Å². The van der Waals surface area contributed by atoms with E-state index in [2.05, 4.69) is 39.4 Å². The van der Waals surface area contributed by atoms with Crippen LogP contribution >= 0.6 is 35.7 Å². The number of sulfonamides is 1. The van der Waals surface area contributed by atoms with Crippen LogP contribution in [0.3, 0.4) is 0 Å². The summed E-state index contributed by atoms with van der Waals surface area (Å²) in [6, 6.07) is 17.6. The molecule has 154 valence electrons. The van der Waals surface area contributed by atoms with Crippen molar-refractivity contribution in [3.63, 3.8) is 0 Å². The molecule has 2 rings (SSSR count). The fraction of sp³-hybridized carbons (Fsp3) is 0.316. The van der Waals surface area contributed by atoms with Gasteiger partial charge in [0.05, 0.1) is 11.9 Å². The number of thioether (sulfide) groups is 1. The minimum Gasteiger partial charge on any atom is -0.355 e. The maximum atomic E-state index is 11.5. The number of aliphatic imine (C=N–C) groups is 1. The number of hydrogen-bond donors (Lipinski definition) is 3. The van der Waals surface area contributed by atoms with E-state index in [4.69, 9.17) is 0 Å². The van der Waals surface area contributed by atoms with Crippen LogP contribution in [-0.4, -0.2) is 39.5 Å². The van der Waals surface area contributed by atoms with Crippen molar-refractivity contribution in [3.8, 4) is 0 Å². The van der Waals surface area contributed by atoms with Crippen LogP contribution in [0.2, 0.25) is 0 Å². The Morgan fingerprint density at radius 3 is 2.36 bits per heavy atom. The Hall–Kier alpha value is -1.46. The number of para-hydroxylation sites is 1. The van der Waals surface area contributed by atoms with Gasteiger partial charge < -0.3 is 10.6 Å². The van der Waals surface area contributed by atoms with Gasteiger partial charge in [0.2, 0.25) is 10.0 Å². The molecule has 0 aliphatic heterocycles. The first-order valence-electron chi connectivity index (χ1n) is 8.59. The van der Waals surface area contributed by atoms with E-state index < -0.39 is 10.0 Å². The maximum absolute atomic E-state index is 11.5. The van der Waals surface area contributed by atoms with Crippen LogP contribution in [0.1, 0.15) is 12.5 Å². The van der Waals surface area contributed by atoms with Gasteiger partial charge in [0.1, 0.15) is 0 Å². The van der Waals surface area contributed by atoms with Crippen molar-refractivity contribution >= 4 is 57.4 Å². The molecule has 0 fully saturated rings. The van der Waals surface area contributed by atoms with Crippen molar-refractivity contribution in [3.05, 3.63) is 60.2 Å². The minimum absolute atomic E-state index is 0. The van der Waals surface area contributed by atoms with Crippen molar-refractivity contribution in [2.45, 2.75) is 23.6 Å². The largest absolute Gasteiger partial charge is 0.355 e. The van der Waals surface area contributed by atoms with Crippen LogP contribution in [0, 0.1) is 0 Å². The van der Waals surface area contributed by atoms with Crippen LogP contribution in [0.4, 0.5) is 5.69 Å². The molecule has 2 aromatic rings. The molecule has 0 aliphatic rings. The molecule has 0 saturated heterocycles. The highest BCUT2D eigenvalue weighted by Gasteiger charge is 2.09. The molecule has 9 heteroatoms. The van der Waals surface area contributed by atoms with Crippen LogP contribution in [0.5, 0.6) is 0 Å². The lowest BCUT2D eigenvalue weighted by Gasteiger charge is -2.17. The number of nitrogens with zero attached hydrogens (tertiary/aromatic N) is 1. The second-order valence-corrected chi connectivity index (χ2v) is 9.34. The second-order valence-electron chi connectivity index (χ2n) is 6.08. The summed E-state index contributed by atoms with van der Waals surface area (Å²) >= 11 is 1.80. The quantitative estimate of drug-likeness (QED) is 0.209. The van der Waals surface area contributed by atoms with Crippen LogP contribution in [0.15, 0.2) is 64.5 Å². The SMILES string of the molecule is CN=C(NCc1ccccc1NS(C)(=O)=O)NCC(C)Sc1ccccc1.I. The number of rotatable bonds is 8. The van der Waals surface area contributed by atoms with E-state index in [0.29, 0.717) is 23.4 Å². The average Bonchev–Trinajstić information content (AvgIpc) is 2.62. The van der Waals surface area contributed by atoms with E-state index in [1.54, 1.807) is 30.9 Å². The fourth-order valence-corrected chi connectivity index (χ4v) is 3.93. The lowest BCUT2D eigenvalue weighted by atomic mass is 10.2. The molecule has 0 amide bonds. The molecule has 6 nitrogen and oxygen atoms in total. The van der Waals surface area contributed by atoms with E-state index in [1.165, 1.54) is 4.90 Å². The van der Waals surface area contributed by atoms with Gasteiger partial charge in [-0.2, -0.15) is 0 Å². The van der Waals surface area contributed by atoms with Crippen LogP contribution in [-0.2, 0) is 16.6 Å². The Bertz CT molecular complexity index is 861. The Kier molecular flexibility index (Phi) is 10.7. The summed E-state index contributed by atoms with van der Waals surface area (Å²) in [6.07, 6.45) is 1.14. The number of anilines is 1. The lowest BCUT2D eigenvalue weighted by molar-refractivity contribution is 0.606. The molecule has 0 aliphatic carbocycles. The molecule has 2 aromatic carbocycles. The molecule has 0 saturated carbocycles. The van der Waals surface area contributed by atoms with Gasteiger partial charge in [-0.3, -0.25) is 9.71 Å². The third-order valence-electron chi connectivity index (χ3n) is 3.62. The third-order valence-corrected chi connectivity index (χ3v) is 5.32. The van der Waals surface area contributed by atoms with E-state index in [9.17, 15) is 8.42 Å². The summed E-state index contributed by atoms with van der Waals surface area (Å²) in [5.74, 6) is 0.671. The highest BCUT2D eigenvalue weighted by atomic mass is 127. The predicted molar refractivity (Wildman–Crippen MR) is 130 cm³/mol. The molecule has 0 spiro atoms. The molecular weight excluding hydrogens is 507 g/mol. The van der Waals surface area contributed by atoms with Gasteiger partial charge in [-0.25, -0.2) is 8.42 Å². The summed E-state index contributed by atoms with van der Waals surface area (Å²) in [4.78, 5) is 5.46. The van der Waals surface area contributed by atoms with Gasteiger partial charge in [-0.1, -0.05) is 43.3 Å². The molecule has 0 bridgehead atoms. The predicted octanol–water partition coefficient (Wildman–Crippen LogP) is 3.52. The van der Waals surface area contributed by atoms with E-state index in [1.807, 2.05) is 30.3 Å². The molecule has 0 radical (unpaired) electrons. The Balaban J connectivity index is 0.00000392. The number of guanidine groups is 1. The van der Waals surface area contributed by atoms with Crippen molar-refractivity contribution < 1.29 is 8.42 Å². The lowest BCUT2D eigenvalue weighted by Crippen LogP contribution is -2.39. The Labute approximate surface area is 189 Å². The normalized spacial score (nSPS) is 12.6. The maximum Gasteiger partial charge on any atom is 0.229 e. The van der Waals surface area contributed by atoms with Crippen molar-refractivity contribution in [2.24, 2.45) is 4.99 Å². The molecule has 3 N–H and O–H groups in total. The Morgan fingerprint density at radius 2 is 1.71 bits per heavy atom. The standard InChI is InChI=1S/C19H26N4O2S2.HI/c1-15(26-17-10-5-4-6-11-17)13-21-19(20-2)22-14-16-9-7-8-12-18(16)23-27(3,24)25;/h4-12,15,23H,13-14H2,1-3H3,(H2,20,21,22);1H. The van der Waals surface area contributed by atoms with E-state index in [0.717, 1.165) is 18.4 Å². The Morgan fingerprint density at radius 1 is 1.07 bits per heavy atom.